The van der Waals surface area contributed by atoms with Crippen molar-refractivity contribution in [3.63, 3.8) is 0 Å². The van der Waals surface area contributed by atoms with Crippen molar-refractivity contribution in [2.45, 2.75) is 32.4 Å². The Kier molecular flexibility index (Phi) is 4.57. The third-order valence-electron chi connectivity index (χ3n) is 4.78. The van der Waals surface area contributed by atoms with Crippen molar-refractivity contribution < 1.29 is 14.0 Å². The molecule has 2 heterocycles. The van der Waals surface area contributed by atoms with Crippen LogP contribution < -0.4 is 11.1 Å². The predicted molar refractivity (Wildman–Crippen MR) is 91.1 cm³/mol. The highest BCUT2D eigenvalue weighted by Crippen LogP contribution is 2.24. The number of para-hydroxylation sites is 1. The van der Waals surface area contributed by atoms with Crippen molar-refractivity contribution in [1.29, 1.82) is 0 Å². The summed E-state index contributed by atoms with van der Waals surface area (Å²) in [5, 5.41) is 4.01. The molecule has 1 saturated heterocycles. The number of nitrogens with one attached hydrogen (secondary N) is 1. The number of benzene rings is 1. The maximum Gasteiger partial charge on any atom is 0.237 e. The maximum absolute atomic E-state index is 12.5. The number of rotatable bonds is 5. The summed E-state index contributed by atoms with van der Waals surface area (Å²) in [6, 6.07) is 9.18. The predicted octanol–water partition coefficient (Wildman–Crippen LogP) is 1.81. The third kappa shape index (κ3) is 3.28. The van der Waals surface area contributed by atoms with Crippen molar-refractivity contribution in [2.24, 2.45) is 11.7 Å². The van der Waals surface area contributed by atoms with Gasteiger partial charge in [0.05, 0.1) is 18.0 Å². The van der Waals surface area contributed by atoms with Gasteiger partial charge >= 0.3 is 0 Å². The smallest absolute Gasteiger partial charge is 0.237 e. The van der Waals surface area contributed by atoms with E-state index in [1.807, 2.05) is 49.1 Å². The molecule has 3 rings (SSSR count). The highest BCUT2D eigenvalue weighted by atomic mass is 16.3. The number of hydrogen-bond acceptors (Lipinski definition) is 4. The molecule has 128 valence electrons. The minimum atomic E-state index is -0.304. The molecule has 3 atom stereocenters. The van der Waals surface area contributed by atoms with E-state index in [0.29, 0.717) is 19.5 Å². The first kappa shape index (κ1) is 16.5. The Morgan fingerprint density at radius 1 is 1.33 bits per heavy atom. The molecule has 1 aromatic carbocycles. The van der Waals surface area contributed by atoms with Crippen LogP contribution in [0.2, 0.25) is 0 Å². The zero-order chi connectivity index (χ0) is 17.3. The fourth-order valence-electron chi connectivity index (χ4n) is 3.16. The monoisotopic (exact) mass is 329 g/mol. The Morgan fingerprint density at radius 3 is 2.75 bits per heavy atom. The van der Waals surface area contributed by atoms with Gasteiger partial charge in [-0.1, -0.05) is 18.2 Å². The van der Waals surface area contributed by atoms with Crippen molar-refractivity contribution in [3.05, 3.63) is 36.1 Å². The molecule has 0 bridgehead atoms. The fourth-order valence-corrected chi connectivity index (χ4v) is 3.16. The molecule has 0 unspecified atom stereocenters. The van der Waals surface area contributed by atoms with E-state index in [2.05, 4.69) is 5.32 Å². The molecule has 24 heavy (non-hydrogen) atoms. The van der Waals surface area contributed by atoms with Crippen LogP contribution in [0, 0.1) is 5.92 Å². The number of furan rings is 1. The number of likely N-dealkylation sites (tertiary alicyclic amines) is 1. The molecule has 0 radical (unpaired) electrons. The van der Waals surface area contributed by atoms with Crippen LogP contribution >= 0.6 is 0 Å². The second-order valence-corrected chi connectivity index (χ2v) is 6.48. The van der Waals surface area contributed by atoms with Gasteiger partial charge in [-0.3, -0.25) is 14.5 Å². The molecule has 2 amide bonds. The lowest BCUT2D eigenvalue weighted by atomic mass is 10.1. The highest BCUT2D eigenvalue weighted by Gasteiger charge is 2.32. The minimum absolute atomic E-state index is 0.0759. The standard InChI is InChI=1S/C18H23N3O3/c1-11(16-9-13-5-3-4-6-15(13)24-16)20-18(23)12(2)21-8-7-14(10-21)17(19)22/h3-6,9,11-12,14H,7-8,10H2,1-2H3,(H2,19,22)(H,20,23)/t11-,12-,14+/m0/s1. The topological polar surface area (TPSA) is 88.6 Å². The van der Waals surface area contributed by atoms with Crippen molar-refractivity contribution in [1.82, 2.24) is 10.2 Å². The van der Waals surface area contributed by atoms with Crippen molar-refractivity contribution in [3.8, 4) is 0 Å². The first-order valence-electron chi connectivity index (χ1n) is 8.28. The van der Waals surface area contributed by atoms with E-state index in [1.165, 1.54) is 0 Å². The van der Waals surface area contributed by atoms with Gasteiger partial charge in [0.25, 0.3) is 0 Å². The molecule has 1 fully saturated rings. The number of nitrogens with zero attached hydrogens (tertiary/aromatic N) is 1. The SMILES string of the molecule is C[C@H](NC(=O)[C@H](C)N1CC[C@@H](C(N)=O)C1)c1cc2ccccc2o1. The molecule has 0 saturated carbocycles. The van der Waals surface area contributed by atoms with Gasteiger partial charge in [-0.15, -0.1) is 0 Å². The molecular weight excluding hydrogens is 306 g/mol. The average molecular weight is 329 g/mol. The van der Waals surface area contributed by atoms with Gasteiger partial charge in [-0.05, 0) is 38.9 Å². The van der Waals surface area contributed by atoms with Crippen LogP contribution in [-0.4, -0.2) is 35.8 Å². The number of carbonyl (C=O) groups excluding carboxylic acids is 2. The summed E-state index contributed by atoms with van der Waals surface area (Å²) in [4.78, 5) is 25.8. The van der Waals surface area contributed by atoms with Gasteiger partial charge in [0.1, 0.15) is 11.3 Å². The summed E-state index contributed by atoms with van der Waals surface area (Å²) in [5.74, 6) is 0.204. The van der Waals surface area contributed by atoms with E-state index in [4.69, 9.17) is 10.2 Å². The quantitative estimate of drug-likeness (QED) is 0.875. The van der Waals surface area contributed by atoms with Crippen LogP contribution in [0.1, 0.15) is 32.1 Å². The summed E-state index contributed by atoms with van der Waals surface area (Å²) in [6.07, 6.45) is 0.714. The minimum Gasteiger partial charge on any atom is -0.459 e. The van der Waals surface area contributed by atoms with Gasteiger partial charge < -0.3 is 15.5 Å². The van der Waals surface area contributed by atoms with E-state index >= 15 is 0 Å². The summed E-state index contributed by atoms with van der Waals surface area (Å²) < 4.78 is 5.79. The number of fused-ring (bicyclic) bond motifs is 1. The van der Waals surface area contributed by atoms with Gasteiger partial charge in [0.2, 0.25) is 11.8 Å². The summed E-state index contributed by atoms with van der Waals surface area (Å²) >= 11 is 0. The molecule has 6 nitrogen and oxygen atoms in total. The first-order valence-corrected chi connectivity index (χ1v) is 8.28. The normalized spacial score (nSPS) is 20.8. The average Bonchev–Trinajstić information content (AvgIpc) is 3.20. The molecule has 1 aliphatic rings. The molecule has 1 aliphatic heterocycles. The molecule has 0 spiro atoms. The second kappa shape index (κ2) is 6.65. The lowest BCUT2D eigenvalue weighted by molar-refractivity contribution is -0.127. The van der Waals surface area contributed by atoms with Crippen molar-refractivity contribution >= 4 is 22.8 Å². The molecule has 6 heteroatoms. The van der Waals surface area contributed by atoms with Gasteiger partial charge in [-0.25, -0.2) is 0 Å². The highest BCUT2D eigenvalue weighted by molar-refractivity contribution is 5.83. The number of hydrogen-bond donors (Lipinski definition) is 2. The van der Waals surface area contributed by atoms with Crippen LogP contribution in [0.15, 0.2) is 34.7 Å². The Labute approximate surface area is 141 Å². The van der Waals surface area contributed by atoms with E-state index in [9.17, 15) is 9.59 Å². The lowest BCUT2D eigenvalue weighted by Crippen LogP contribution is -2.45. The molecule has 0 aliphatic carbocycles. The van der Waals surface area contributed by atoms with Gasteiger partial charge in [-0.2, -0.15) is 0 Å². The number of amides is 2. The van der Waals surface area contributed by atoms with Crippen LogP contribution in [0.25, 0.3) is 11.0 Å². The summed E-state index contributed by atoms with van der Waals surface area (Å²) in [5.41, 5.74) is 6.16. The van der Waals surface area contributed by atoms with Gasteiger partial charge in [0, 0.05) is 11.9 Å². The summed E-state index contributed by atoms with van der Waals surface area (Å²) in [7, 11) is 0. The Hall–Kier alpha value is -2.34. The van der Waals surface area contributed by atoms with E-state index in [-0.39, 0.29) is 29.8 Å². The van der Waals surface area contributed by atoms with E-state index in [0.717, 1.165) is 16.7 Å². The van der Waals surface area contributed by atoms with Crippen LogP contribution in [0.5, 0.6) is 0 Å². The molecular formula is C18H23N3O3. The van der Waals surface area contributed by atoms with Crippen LogP contribution in [0.4, 0.5) is 0 Å². The molecule has 3 N–H and O–H groups in total. The van der Waals surface area contributed by atoms with Crippen LogP contribution in [0.3, 0.4) is 0 Å². The zero-order valence-electron chi connectivity index (χ0n) is 14.0. The number of primary amides is 1. The first-order chi connectivity index (χ1) is 11.5. The fraction of sp³-hybridized carbons (Fsp3) is 0.444. The van der Waals surface area contributed by atoms with E-state index in [1.54, 1.807) is 0 Å². The summed E-state index contributed by atoms with van der Waals surface area (Å²) in [6.45, 7) is 5.01. The third-order valence-corrected chi connectivity index (χ3v) is 4.78. The Balaban J connectivity index is 1.62. The van der Waals surface area contributed by atoms with Crippen LogP contribution in [-0.2, 0) is 9.59 Å². The number of nitrogens with two attached hydrogens (primary N) is 1. The van der Waals surface area contributed by atoms with Gasteiger partial charge in [0.15, 0.2) is 0 Å². The second-order valence-electron chi connectivity index (χ2n) is 6.48. The molecule has 2 aromatic rings. The Bertz CT molecular complexity index is 722. The maximum atomic E-state index is 12.5. The molecule has 1 aromatic heterocycles. The zero-order valence-corrected chi connectivity index (χ0v) is 14.0. The van der Waals surface area contributed by atoms with E-state index < -0.39 is 0 Å². The largest absolute Gasteiger partial charge is 0.459 e. The van der Waals surface area contributed by atoms with Crippen molar-refractivity contribution in [2.75, 3.05) is 13.1 Å². The number of carbonyl (C=O) groups is 2. The lowest BCUT2D eigenvalue weighted by Gasteiger charge is -2.24. The Morgan fingerprint density at radius 2 is 2.08 bits per heavy atom.